The molecule has 2 aromatic carbocycles. The molecule has 0 aromatic heterocycles. The van der Waals surface area contributed by atoms with Gasteiger partial charge in [0.15, 0.2) is 5.78 Å². The number of hydrogen-bond donors (Lipinski definition) is 1. The highest BCUT2D eigenvalue weighted by molar-refractivity contribution is 5.97. The Morgan fingerprint density at radius 1 is 1.09 bits per heavy atom. The third-order valence-corrected chi connectivity index (χ3v) is 6.73. The third kappa shape index (κ3) is 4.78. The second-order valence-electron chi connectivity index (χ2n) is 9.22. The topological polar surface area (TPSA) is 58.6 Å². The summed E-state index contributed by atoms with van der Waals surface area (Å²) in [6.45, 7) is 9.75. The van der Waals surface area contributed by atoms with E-state index in [9.17, 15) is 9.59 Å². The fourth-order valence-electron chi connectivity index (χ4n) is 4.52. The highest BCUT2D eigenvalue weighted by atomic mass is 16.5. The summed E-state index contributed by atoms with van der Waals surface area (Å²) >= 11 is 0. The Kier molecular flexibility index (Phi) is 6.20. The Labute approximate surface area is 190 Å². The maximum atomic E-state index is 12.8. The molecule has 1 spiro atoms. The van der Waals surface area contributed by atoms with E-state index in [1.54, 1.807) is 0 Å². The van der Waals surface area contributed by atoms with Crippen molar-refractivity contribution in [3.63, 3.8) is 0 Å². The van der Waals surface area contributed by atoms with E-state index in [4.69, 9.17) is 4.74 Å². The number of carbonyl (C=O) groups excluding carboxylic acids is 2. The maximum Gasteiger partial charge on any atom is 0.217 e. The van der Waals surface area contributed by atoms with Gasteiger partial charge in [0, 0.05) is 44.0 Å². The zero-order valence-electron chi connectivity index (χ0n) is 19.4. The number of aryl methyl sites for hydroxylation is 2. The van der Waals surface area contributed by atoms with Crippen LogP contribution in [0.3, 0.4) is 0 Å². The van der Waals surface area contributed by atoms with Crippen LogP contribution < -0.4 is 10.1 Å². The van der Waals surface area contributed by atoms with Gasteiger partial charge in [-0.1, -0.05) is 30.3 Å². The molecule has 5 nitrogen and oxygen atoms in total. The van der Waals surface area contributed by atoms with Crippen molar-refractivity contribution in [2.75, 3.05) is 19.6 Å². The number of nitrogens with one attached hydrogen (secondary N) is 1. The average Bonchev–Trinajstić information content (AvgIpc) is 2.76. The van der Waals surface area contributed by atoms with Crippen molar-refractivity contribution >= 4 is 17.8 Å². The van der Waals surface area contributed by atoms with Gasteiger partial charge in [-0.25, -0.2) is 0 Å². The van der Waals surface area contributed by atoms with Crippen LogP contribution in [0.5, 0.6) is 5.75 Å². The van der Waals surface area contributed by atoms with Crippen LogP contribution >= 0.6 is 0 Å². The summed E-state index contributed by atoms with van der Waals surface area (Å²) in [4.78, 5) is 26.3. The Balaban J connectivity index is 1.34. The van der Waals surface area contributed by atoms with Gasteiger partial charge >= 0.3 is 0 Å². The predicted octanol–water partition coefficient (Wildman–Crippen LogP) is 4.62. The Bertz CT molecular complexity index is 1050. The van der Waals surface area contributed by atoms with Crippen LogP contribution in [0.1, 0.15) is 65.3 Å². The molecule has 32 heavy (non-hydrogen) atoms. The van der Waals surface area contributed by atoms with Crippen LogP contribution in [0.15, 0.2) is 42.5 Å². The summed E-state index contributed by atoms with van der Waals surface area (Å²) in [7, 11) is 0. The van der Waals surface area contributed by atoms with Gasteiger partial charge in [-0.05, 0) is 55.7 Å². The average molecular weight is 433 g/mol. The van der Waals surface area contributed by atoms with Crippen molar-refractivity contribution in [1.82, 2.24) is 10.2 Å². The van der Waals surface area contributed by atoms with E-state index in [0.717, 1.165) is 42.8 Å². The van der Waals surface area contributed by atoms with Crippen molar-refractivity contribution < 1.29 is 14.3 Å². The van der Waals surface area contributed by atoms with Gasteiger partial charge in [-0.3, -0.25) is 14.5 Å². The minimum Gasteiger partial charge on any atom is -0.482 e. The third-order valence-electron chi connectivity index (χ3n) is 6.73. The zero-order valence-corrected chi connectivity index (χ0v) is 19.4. The molecular weight excluding hydrogens is 400 g/mol. The van der Waals surface area contributed by atoms with Crippen molar-refractivity contribution in [2.45, 2.75) is 52.2 Å². The molecule has 2 aliphatic heterocycles. The Morgan fingerprint density at radius 3 is 2.41 bits per heavy atom. The van der Waals surface area contributed by atoms with Crippen LogP contribution in [0.2, 0.25) is 0 Å². The predicted molar refractivity (Wildman–Crippen MR) is 127 cm³/mol. The lowest BCUT2D eigenvalue weighted by Gasteiger charge is -2.42. The van der Waals surface area contributed by atoms with E-state index in [0.29, 0.717) is 12.1 Å². The monoisotopic (exact) mass is 432 g/mol. The van der Waals surface area contributed by atoms with E-state index < -0.39 is 0 Å². The Morgan fingerprint density at radius 2 is 1.75 bits per heavy atom. The van der Waals surface area contributed by atoms with Gasteiger partial charge < -0.3 is 10.1 Å². The first-order chi connectivity index (χ1) is 15.2. The molecule has 0 unspecified atom stereocenters. The van der Waals surface area contributed by atoms with E-state index >= 15 is 0 Å². The molecule has 4 rings (SSSR count). The fourth-order valence-corrected chi connectivity index (χ4v) is 4.52. The quantitative estimate of drug-likeness (QED) is 0.700. The number of nitrogens with zero attached hydrogens (tertiary/aromatic N) is 1. The molecule has 2 aliphatic rings. The van der Waals surface area contributed by atoms with E-state index in [1.807, 2.05) is 31.2 Å². The molecule has 1 atom stereocenters. The molecule has 168 valence electrons. The minimum atomic E-state index is -0.268. The zero-order chi connectivity index (χ0) is 22.9. The van der Waals surface area contributed by atoms with Crippen LogP contribution in [0.4, 0.5) is 0 Å². The number of Topliss-reactive ketones (excluding diaryl/α,β-unsaturated/α-hetero) is 1. The number of fused-ring (bicyclic) bond motifs is 1. The number of amides is 1. The molecule has 1 amide bonds. The molecule has 0 radical (unpaired) electrons. The number of carbonyl (C=O) groups is 2. The first-order valence-corrected chi connectivity index (χ1v) is 11.4. The molecule has 0 aliphatic carbocycles. The number of hydrogen-bond acceptors (Lipinski definition) is 4. The summed E-state index contributed by atoms with van der Waals surface area (Å²) in [5, 5.41) is 2.86. The number of likely N-dealkylation sites (tertiary alicyclic amines) is 1. The lowest BCUT2D eigenvalue weighted by molar-refractivity contribution is -0.119. The molecular formula is C27H32N2O3. The highest BCUT2D eigenvalue weighted by Crippen LogP contribution is 2.38. The standard InChI is InChI=1S/C27H32N2O3/c1-18-15-24-9-10-27(32-26(24)16-19(18)2)11-13-29(14-12-27)17-25(31)23-7-5-22(6-8-23)20(3)28-21(4)30/h5-10,15-16,20H,11-14,17H2,1-4H3,(H,28,30)/t20-/m0/s1. The molecule has 1 N–H and O–H groups in total. The molecule has 5 heteroatoms. The fraction of sp³-hybridized carbons (Fsp3) is 0.407. The summed E-state index contributed by atoms with van der Waals surface area (Å²) < 4.78 is 6.47. The smallest absolute Gasteiger partial charge is 0.217 e. The molecule has 2 aromatic rings. The minimum absolute atomic E-state index is 0.0638. The summed E-state index contributed by atoms with van der Waals surface area (Å²) in [6.07, 6.45) is 6.14. The van der Waals surface area contributed by atoms with Gasteiger partial charge in [0.25, 0.3) is 0 Å². The summed E-state index contributed by atoms with van der Waals surface area (Å²) in [6, 6.07) is 11.8. The molecule has 0 bridgehead atoms. The largest absolute Gasteiger partial charge is 0.482 e. The number of benzene rings is 2. The number of ketones is 1. The SMILES string of the molecule is CC(=O)N[C@@H](C)c1ccc(C(=O)CN2CCC3(C=Cc4cc(C)c(C)cc4O3)CC2)cc1. The second kappa shape index (κ2) is 8.91. The number of piperidine rings is 1. The van der Waals surface area contributed by atoms with Gasteiger partial charge in [0.2, 0.25) is 5.91 Å². The highest BCUT2D eigenvalue weighted by Gasteiger charge is 2.37. The van der Waals surface area contributed by atoms with Gasteiger partial charge in [0.05, 0.1) is 12.6 Å². The van der Waals surface area contributed by atoms with Crippen LogP contribution in [0.25, 0.3) is 6.08 Å². The first kappa shape index (κ1) is 22.3. The summed E-state index contributed by atoms with van der Waals surface area (Å²) in [5.74, 6) is 1.02. The normalized spacial score (nSPS) is 18.0. The summed E-state index contributed by atoms with van der Waals surface area (Å²) in [5.41, 5.74) is 5.10. The van der Waals surface area contributed by atoms with Gasteiger partial charge in [0.1, 0.15) is 11.4 Å². The molecule has 1 saturated heterocycles. The van der Waals surface area contributed by atoms with Crippen molar-refractivity contribution in [3.05, 3.63) is 70.3 Å². The number of ether oxygens (including phenoxy) is 1. The first-order valence-electron chi connectivity index (χ1n) is 11.4. The lowest BCUT2D eigenvalue weighted by atomic mass is 9.87. The van der Waals surface area contributed by atoms with E-state index in [-0.39, 0.29) is 23.3 Å². The van der Waals surface area contributed by atoms with Crippen LogP contribution in [-0.2, 0) is 4.79 Å². The van der Waals surface area contributed by atoms with Crippen LogP contribution in [0, 0.1) is 13.8 Å². The Hall–Kier alpha value is -2.92. The van der Waals surface area contributed by atoms with Crippen molar-refractivity contribution in [1.29, 1.82) is 0 Å². The van der Waals surface area contributed by atoms with Crippen molar-refractivity contribution in [3.8, 4) is 5.75 Å². The number of rotatable bonds is 5. The lowest BCUT2D eigenvalue weighted by Crippen LogP contribution is -2.48. The molecule has 1 fully saturated rings. The van der Waals surface area contributed by atoms with E-state index in [2.05, 4.69) is 48.3 Å². The molecule has 0 saturated carbocycles. The van der Waals surface area contributed by atoms with Crippen LogP contribution in [-0.4, -0.2) is 41.8 Å². The van der Waals surface area contributed by atoms with Gasteiger partial charge in [-0.15, -0.1) is 0 Å². The van der Waals surface area contributed by atoms with E-state index in [1.165, 1.54) is 18.1 Å². The maximum absolute atomic E-state index is 12.8. The molecule has 2 heterocycles. The second-order valence-corrected chi connectivity index (χ2v) is 9.22. The van der Waals surface area contributed by atoms with Crippen molar-refractivity contribution in [2.24, 2.45) is 0 Å². The van der Waals surface area contributed by atoms with Gasteiger partial charge in [-0.2, -0.15) is 0 Å².